The van der Waals surface area contributed by atoms with E-state index in [-0.39, 0.29) is 5.95 Å². The molecule has 3 heterocycles. The number of nitrogen functional groups attached to an aromatic ring is 1. The molecule has 9 heteroatoms. The topological polar surface area (TPSA) is 115 Å². The molecule has 3 aromatic carbocycles. The fourth-order valence-electron chi connectivity index (χ4n) is 4.59. The van der Waals surface area contributed by atoms with Gasteiger partial charge < -0.3 is 20.7 Å². The van der Waals surface area contributed by atoms with E-state index in [2.05, 4.69) is 85.9 Å². The van der Waals surface area contributed by atoms with Crippen molar-refractivity contribution in [1.82, 2.24) is 30.0 Å². The van der Waals surface area contributed by atoms with Gasteiger partial charge in [0, 0.05) is 41.0 Å². The molecule has 0 aliphatic carbocycles. The summed E-state index contributed by atoms with van der Waals surface area (Å²) in [5.41, 5.74) is 11.1. The van der Waals surface area contributed by atoms with Crippen LogP contribution in [0.15, 0.2) is 103 Å². The lowest BCUT2D eigenvalue weighted by Crippen LogP contribution is -2.10. The number of aromatic nitrogens is 5. The van der Waals surface area contributed by atoms with E-state index in [1.54, 1.807) is 18.5 Å². The van der Waals surface area contributed by atoms with Crippen LogP contribution in [-0.4, -0.2) is 44.1 Å². The average molecular weight is 541 g/mol. The molecular formula is C32H28N8O. The molecule has 6 aromatic rings. The molecule has 0 amide bonds. The van der Waals surface area contributed by atoms with E-state index >= 15 is 0 Å². The summed E-state index contributed by atoms with van der Waals surface area (Å²) in [6, 6.07) is 29.7. The molecular weight excluding hydrogens is 512 g/mol. The van der Waals surface area contributed by atoms with Gasteiger partial charge >= 0.3 is 0 Å². The zero-order valence-corrected chi connectivity index (χ0v) is 22.7. The number of pyridine rings is 1. The van der Waals surface area contributed by atoms with Crippen molar-refractivity contribution in [3.8, 4) is 34.1 Å². The third kappa shape index (κ3) is 5.80. The number of benzene rings is 3. The van der Waals surface area contributed by atoms with E-state index in [0.717, 1.165) is 39.8 Å². The summed E-state index contributed by atoms with van der Waals surface area (Å²) in [5.74, 6) is 1.92. The van der Waals surface area contributed by atoms with Gasteiger partial charge in [-0.15, -0.1) is 10.2 Å². The first-order valence-corrected chi connectivity index (χ1v) is 13.1. The predicted molar refractivity (Wildman–Crippen MR) is 162 cm³/mol. The summed E-state index contributed by atoms with van der Waals surface area (Å²) in [6.07, 6.45) is 3.28. The maximum Gasteiger partial charge on any atom is 0.228 e. The van der Waals surface area contributed by atoms with Gasteiger partial charge in [0.2, 0.25) is 11.8 Å². The zero-order chi connectivity index (χ0) is 28.2. The average Bonchev–Trinajstić information content (AvgIpc) is 2.99. The summed E-state index contributed by atoms with van der Waals surface area (Å²) >= 11 is 0. The Balaban J connectivity index is 1.23. The second-order valence-electron chi connectivity index (χ2n) is 9.79. The van der Waals surface area contributed by atoms with Crippen molar-refractivity contribution in [3.05, 3.63) is 109 Å². The van der Waals surface area contributed by atoms with Crippen LogP contribution in [-0.2, 0) is 6.54 Å². The molecule has 0 atom stereocenters. The van der Waals surface area contributed by atoms with Crippen molar-refractivity contribution in [2.24, 2.45) is 0 Å². The predicted octanol–water partition coefficient (Wildman–Crippen LogP) is 6.33. The second-order valence-corrected chi connectivity index (χ2v) is 9.79. The lowest BCUT2D eigenvalue weighted by Gasteiger charge is -2.13. The van der Waals surface area contributed by atoms with E-state index < -0.39 is 0 Å². The maximum atomic E-state index is 6.10. The molecule has 41 heavy (non-hydrogen) atoms. The normalized spacial score (nSPS) is 11.1. The summed E-state index contributed by atoms with van der Waals surface area (Å²) < 4.78 is 6.10. The SMILES string of the molecule is CN(C)Cc1ccc(-c2nnc(Nc3ccc(Oc4ncccc4-c4ccnc(N)n4)cc3)c3ccccc23)cc1. The third-order valence-corrected chi connectivity index (χ3v) is 6.47. The van der Waals surface area contributed by atoms with Gasteiger partial charge in [-0.1, -0.05) is 48.5 Å². The molecule has 0 saturated carbocycles. The molecule has 9 nitrogen and oxygen atoms in total. The van der Waals surface area contributed by atoms with Crippen LogP contribution in [0.25, 0.3) is 33.3 Å². The van der Waals surface area contributed by atoms with Gasteiger partial charge in [-0.3, -0.25) is 0 Å². The summed E-state index contributed by atoms with van der Waals surface area (Å²) in [6.45, 7) is 0.888. The second kappa shape index (κ2) is 11.4. The minimum absolute atomic E-state index is 0.189. The highest BCUT2D eigenvalue weighted by Crippen LogP contribution is 2.33. The molecule has 0 spiro atoms. The highest BCUT2D eigenvalue weighted by Gasteiger charge is 2.13. The number of nitrogens with zero attached hydrogens (tertiary/aromatic N) is 6. The van der Waals surface area contributed by atoms with Crippen molar-refractivity contribution in [2.75, 3.05) is 25.1 Å². The van der Waals surface area contributed by atoms with Crippen molar-refractivity contribution < 1.29 is 4.74 Å². The lowest BCUT2D eigenvalue weighted by atomic mass is 10.0. The van der Waals surface area contributed by atoms with Crippen molar-refractivity contribution in [1.29, 1.82) is 0 Å². The van der Waals surface area contributed by atoms with Gasteiger partial charge in [0.25, 0.3) is 0 Å². The number of nitrogens with one attached hydrogen (secondary N) is 1. The van der Waals surface area contributed by atoms with Crippen LogP contribution in [0.3, 0.4) is 0 Å². The fraction of sp³-hybridized carbons (Fsp3) is 0.0938. The molecule has 0 bridgehead atoms. The Morgan fingerprint density at radius 3 is 2.32 bits per heavy atom. The Labute approximate surface area is 237 Å². The Morgan fingerprint density at radius 2 is 1.56 bits per heavy atom. The number of anilines is 3. The molecule has 0 saturated heterocycles. The first-order valence-electron chi connectivity index (χ1n) is 13.1. The monoisotopic (exact) mass is 540 g/mol. The van der Waals surface area contributed by atoms with Crippen LogP contribution >= 0.6 is 0 Å². The van der Waals surface area contributed by atoms with E-state index in [9.17, 15) is 0 Å². The molecule has 6 rings (SSSR count). The Hall–Kier alpha value is -5.41. The van der Waals surface area contributed by atoms with E-state index in [4.69, 9.17) is 10.5 Å². The summed E-state index contributed by atoms with van der Waals surface area (Å²) in [5, 5.41) is 14.6. The number of rotatable bonds is 8. The molecule has 0 unspecified atom stereocenters. The quantitative estimate of drug-likeness (QED) is 0.228. The number of nitrogens with two attached hydrogens (primary N) is 1. The van der Waals surface area contributed by atoms with Crippen LogP contribution in [0.4, 0.5) is 17.5 Å². The van der Waals surface area contributed by atoms with Crippen molar-refractivity contribution in [3.63, 3.8) is 0 Å². The lowest BCUT2D eigenvalue weighted by molar-refractivity contribution is 0.402. The molecule has 3 N–H and O–H groups in total. The van der Waals surface area contributed by atoms with Gasteiger partial charge in [0.05, 0.1) is 11.3 Å². The molecule has 0 aliphatic heterocycles. The van der Waals surface area contributed by atoms with Crippen molar-refractivity contribution >= 4 is 28.2 Å². The number of ether oxygens (including phenoxy) is 1. The number of hydrogen-bond donors (Lipinski definition) is 2. The summed E-state index contributed by atoms with van der Waals surface area (Å²) in [7, 11) is 4.13. The van der Waals surface area contributed by atoms with Gasteiger partial charge in [-0.05, 0) is 62.1 Å². The molecule has 0 fully saturated rings. The van der Waals surface area contributed by atoms with Gasteiger partial charge in [0.15, 0.2) is 5.82 Å². The highest BCUT2D eigenvalue weighted by atomic mass is 16.5. The first-order chi connectivity index (χ1) is 20.0. The largest absolute Gasteiger partial charge is 0.438 e. The van der Waals surface area contributed by atoms with Crippen LogP contribution in [0.1, 0.15) is 5.56 Å². The standard InChI is InChI=1S/C32H28N8O/c1-40(2)20-21-9-11-22(12-10-21)29-25-6-3-4-7-26(25)30(39-38-29)36-23-13-15-24(16-14-23)41-31-27(8-5-18-34-31)28-17-19-35-32(33)37-28/h3-19H,20H2,1-2H3,(H,36,39)(H2,33,35,37). The van der Waals surface area contributed by atoms with Crippen LogP contribution < -0.4 is 15.8 Å². The van der Waals surface area contributed by atoms with Crippen LogP contribution in [0.2, 0.25) is 0 Å². The fourth-order valence-corrected chi connectivity index (χ4v) is 4.59. The zero-order valence-electron chi connectivity index (χ0n) is 22.7. The smallest absolute Gasteiger partial charge is 0.228 e. The van der Waals surface area contributed by atoms with Gasteiger partial charge in [-0.25, -0.2) is 15.0 Å². The Morgan fingerprint density at radius 1 is 0.780 bits per heavy atom. The first kappa shape index (κ1) is 25.8. The molecule has 3 aromatic heterocycles. The molecule has 202 valence electrons. The molecule has 0 aliphatic rings. The van der Waals surface area contributed by atoms with Crippen molar-refractivity contribution in [2.45, 2.75) is 6.54 Å². The number of hydrogen-bond acceptors (Lipinski definition) is 9. The highest BCUT2D eigenvalue weighted by molar-refractivity contribution is 6.00. The third-order valence-electron chi connectivity index (χ3n) is 6.47. The van der Waals surface area contributed by atoms with E-state index in [1.165, 1.54) is 5.56 Å². The van der Waals surface area contributed by atoms with Crippen LogP contribution in [0.5, 0.6) is 11.6 Å². The van der Waals surface area contributed by atoms with Crippen LogP contribution in [0, 0.1) is 0 Å². The minimum atomic E-state index is 0.189. The summed E-state index contributed by atoms with van der Waals surface area (Å²) in [4.78, 5) is 14.8. The molecule has 0 radical (unpaired) electrons. The number of fused-ring (bicyclic) bond motifs is 1. The van der Waals surface area contributed by atoms with E-state index in [1.807, 2.05) is 48.5 Å². The van der Waals surface area contributed by atoms with Gasteiger partial charge in [0.1, 0.15) is 11.4 Å². The van der Waals surface area contributed by atoms with E-state index in [0.29, 0.717) is 23.1 Å². The minimum Gasteiger partial charge on any atom is -0.438 e. The Kier molecular flexibility index (Phi) is 7.17. The Bertz CT molecular complexity index is 1800. The van der Waals surface area contributed by atoms with Gasteiger partial charge in [-0.2, -0.15) is 0 Å². The maximum absolute atomic E-state index is 6.10.